The number of nitrogens with zero attached hydrogens (tertiary/aromatic N) is 3. The smallest absolute Gasteiger partial charge is 0.273 e. The lowest BCUT2D eigenvalue weighted by atomic mass is 10.1. The minimum atomic E-state index is -0.481. The topological polar surface area (TPSA) is 90.1 Å². The Labute approximate surface area is 155 Å². The Morgan fingerprint density at radius 2 is 2.00 bits per heavy atom. The number of aromatic nitrogens is 2. The van der Waals surface area contributed by atoms with Crippen molar-refractivity contribution in [3.63, 3.8) is 0 Å². The summed E-state index contributed by atoms with van der Waals surface area (Å²) >= 11 is 0. The lowest BCUT2D eigenvalue weighted by Gasteiger charge is -2.09. The number of imidazole rings is 1. The molecule has 0 radical (unpaired) electrons. The molecule has 1 N–H and O–H groups in total. The molecule has 136 valence electrons. The van der Waals surface area contributed by atoms with Gasteiger partial charge in [-0.25, -0.2) is 4.98 Å². The van der Waals surface area contributed by atoms with Crippen LogP contribution in [0.3, 0.4) is 0 Å². The molecule has 1 aliphatic heterocycles. The molecule has 4 rings (SSSR count). The maximum atomic E-state index is 12.5. The van der Waals surface area contributed by atoms with E-state index in [2.05, 4.69) is 14.9 Å². The van der Waals surface area contributed by atoms with Crippen LogP contribution in [0.5, 0.6) is 0 Å². The second-order valence-electron chi connectivity index (χ2n) is 6.55. The van der Waals surface area contributed by atoms with Crippen molar-refractivity contribution in [1.29, 1.82) is 0 Å². The van der Waals surface area contributed by atoms with E-state index in [0.29, 0.717) is 16.8 Å². The number of amides is 1. The zero-order valence-electron chi connectivity index (χ0n) is 14.8. The van der Waals surface area contributed by atoms with E-state index in [-0.39, 0.29) is 11.6 Å². The van der Waals surface area contributed by atoms with Gasteiger partial charge >= 0.3 is 0 Å². The summed E-state index contributed by atoms with van der Waals surface area (Å²) in [7, 11) is 0. The predicted molar refractivity (Wildman–Crippen MR) is 102 cm³/mol. The number of nitro benzene ring substituents is 1. The van der Waals surface area contributed by atoms with Crippen LogP contribution in [0.1, 0.15) is 28.2 Å². The van der Waals surface area contributed by atoms with Crippen LogP contribution in [0.4, 0.5) is 11.4 Å². The third-order valence-electron chi connectivity index (χ3n) is 4.91. The zero-order chi connectivity index (χ0) is 19.0. The first-order valence-electron chi connectivity index (χ1n) is 8.75. The fourth-order valence-corrected chi connectivity index (χ4v) is 3.48. The van der Waals surface area contributed by atoms with Crippen LogP contribution in [0.15, 0.2) is 48.7 Å². The summed E-state index contributed by atoms with van der Waals surface area (Å²) < 4.78 is 2.22. The highest BCUT2D eigenvalue weighted by atomic mass is 16.6. The van der Waals surface area contributed by atoms with Crippen molar-refractivity contribution in [2.45, 2.75) is 26.3 Å². The molecule has 7 heteroatoms. The van der Waals surface area contributed by atoms with Crippen molar-refractivity contribution in [2.24, 2.45) is 0 Å². The van der Waals surface area contributed by atoms with Gasteiger partial charge in [-0.1, -0.05) is 18.2 Å². The zero-order valence-corrected chi connectivity index (χ0v) is 14.8. The van der Waals surface area contributed by atoms with Crippen molar-refractivity contribution in [3.05, 3.63) is 75.7 Å². The Hall–Kier alpha value is -3.48. The number of nitro groups is 1. The van der Waals surface area contributed by atoms with Gasteiger partial charge in [0.05, 0.1) is 16.8 Å². The number of anilines is 1. The summed E-state index contributed by atoms with van der Waals surface area (Å²) in [4.78, 5) is 27.6. The van der Waals surface area contributed by atoms with Gasteiger partial charge in [-0.2, -0.15) is 0 Å². The van der Waals surface area contributed by atoms with Gasteiger partial charge in [-0.3, -0.25) is 14.9 Å². The van der Waals surface area contributed by atoms with Gasteiger partial charge in [0.25, 0.3) is 11.6 Å². The van der Waals surface area contributed by atoms with E-state index in [1.54, 1.807) is 13.0 Å². The minimum absolute atomic E-state index is 0.0624. The van der Waals surface area contributed by atoms with Crippen LogP contribution in [0.25, 0.3) is 11.3 Å². The highest BCUT2D eigenvalue weighted by Crippen LogP contribution is 2.27. The molecular weight excluding hydrogens is 344 g/mol. The number of hydrogen-bond donors (Lipinski definition) is 1. The van der Waals surface area contributed by atoms with Crippen molar-refractivity contribution in [2.75, 3.05) is 5.32 Å². The van der Waals surface area contributed by atoms with Crippen LogP contribution in [0.2, 0.25) is 0 Å². The summed E-state index contributed by atoms with van der Waals surface area (Å²) in [6.07, 6.45) is 4.01. The second kappa shape index (κ2) is 6.68. The quantitative estimate of drug-likeness (QED) is 0.562. The molecule has 0 atom stereocenters. The van der Waals surface area contributed by atoms with Gasteiger partial charge in [0.2, 0.25) is 0 Å². The third-order valence-corrected chi connectivity index (χ3v) is 4.91. The normalized spacial score (nSPS) is 12.6. The van der Waals surface area contributed by atoms with E-state index >= 15 is 0 Å². The number of fused-ring (bicyclic) bond motifs is 1. The molecule has 1 aromatic heterocycles. The number of nitrogens with one attached hydrogen (secondary N) is 1. The number of rotatable bonds is 4. The first-order chi connectivity index (χ1) is 13.0. The SMILES string of the molecule is Cc1c(C(=O)Nc2ccc(-c3cnc4n3CCC4)cc2)cccc1[N+](=O)[O-]. The van der Waals surface area contributed by atoms with Gasteiger partial charge in [0, 0.05) is 35.8 Å². The second-order valence-corrected chi connectivity index (χ2v) is 6.55. The summed E-state index contributed by atoms with van der Waals surface area (Å²) in [5.74, 6) is 0.748. The Bertz CT molecular complexity index is 1040. The van der Waals surface area contributed by atoms with Crippen LogP contribution >= 0.6 is 0 Å². The highest BCUT2D eigenvalue weighted by molar-refractivity contribution is 6.05. The average Bonchev–Trinajstić information content (AvgIpc) is 3.26. The van der Waals surface area contributed by atoms with Crippen molar-refractivity contribution in [3.8, 4) is 11.3 Å². The van der Waals surface area contributed by atoms with Crippen LogP contribution in [-0.2, 0) is 13.0 Å². The molecule has 0 fully saturated rings. The molecule has 2 aromatic carbocycles. The third kappa shape index (κ3) is 3.08. The van der Waals surface area contributed by atoms with E-state index in [1.807, 2.05) is 30.5 Å². The molecule has 0 spiro atoms. The molecular formula is C20H18N4O3. The Morgan fingerprint density at radius 3 is 2.74 bits per heavy atom. The molecule has 1 aliphatic rings. The molecule has 0 unspecified atom stereocenters. The molecule has 7 nitrogen and oxygen atoms in total. The fourth-order valence-electron chi connectivity index (χ4n) is 3.48. The van der Waals surface area contributed by atoms with E-state index in [0.717, 1.165) is 36.5 Å². The molecule has 1 amide bonds. The fraction of sp³-hybridized carbons (Fsp3) is 0.200. The van der Waals surface area contributed by atoms with E-state index in [1.165, 1.54) is 12.1 Å². The molecule has 0 bridgehead atoms. The Balaban J connectivity index is 1.54. The molecule has 27 heavy (non-hydrogen) atoms. The van der Waals surface area contributed by atoms with Crippen LogP contribution < -0.4 is 5.32 Å². The van der Waals surface area contributed by atoms with Crippen molar-refractivity contribution >= 4 is 17.3 Å². The largest absolute Gasteiger partial charge is 0.328 e. The first kappa shape index (κ1) is 17.0. The van der Waals surface area contributed by atoms with Crippen LogP contribution in [-0.4, -0.2) is 20.4 Å². The van der Waals surface area contributed by atoms with Crippen LogP contribution in [0, 0.1) is 17.0 Å². The Kier molecular flexibility index (Phi) is 4.19. The molecule has 0 saturated carbocycles. The maximum Gasteiger partial charge on any atom is 0.273 e. The summed E-state index contributed by atoms with van der Waals surface area (Å²) in [5.41, 5.74) is 3.34. The lowest BCUT2D eigenvalue weighted by Crippen LogP contribution is -2.14. The molecule has 0 aliphatic carbocycles. The number of benzene rings is 2. The maximum absolute atomic E-state index is 12.5. The van der Waals surface area contributed by atoms with E-state index in [9.17, 15) is 14.9 Å². The highest BCUT2D eigenvalue weighted by Gasteiger charge is 2.19. The molecule has 3 aromatic rings. The monoisotopic (exact) mass is 362 g/mol. The number of carbonyl (C=O) groups is 1. The van der Waals surface area contributed by atoms with Gasteiger partial charge < -0.3 is 9.88 Å². The summed E-state index contributed by atoms with van der Waals surface area (Å²) in [6.45, 7) is 2.56. The van der Waals surface area contributed by atoms with Gasteiger partial charge in [0.1, 0.15) is 5.82 Å². The van der Waals surface area contributed by atoms with Crippen molar-refractivity contribution in [1.82, 2.24) is 9.55 Å². The van der Waals surface area contributed by atoms with Gasteiger partial charge in [-0.15, -0.1) is 0 Å². The summed E-state index contributed by atoms with van der Waals surface area (Å²) in [6, 6.07) is 12.0. The minimum Gasteiger partial charge on any atom is -0.328 e. The molecule has 2 heterocycles. The Morgan fingerprint density at radius 1 is 1.22 bits per heavy atom. The van der Waals surface area contributed by atoms with Crippen molar-refractivity contribution < 1.29 is 9.72 Å². The number of carbonyl (C=O) groups excluding carboxylic acids is 1. The first-order valence-corrected chi connectivity index (χ1v) is 8.75. The number of aryl methyl sites for hydroxylation is 1. The lowest BCUT2D eigenvalue weighted by molar-refractivity contribution is -0.385. The van der Waals surface area contributed by atoms with Gasteiger partial charge in [0.15, 0.2) is 0 Å². The number of hydrogen-bond acceptors (Lipinski definition) is 4. The molecule has 0 saturated heterocycles. The summed E-state index contributed by atoms with van der Waals surface area (Å²) in [5, 5.41) is 13.9. The van der Waals surface area contributed by atoms with E-state index < -0.39 is 4.92 Å². The average molecular weight is 362 g/mol. The van der Waals surface area contributed by atoms with E-state index in [4.69, 9.17) is 0 Å². The van der Waals surface area contributed by atoms with Gasteiger partial charge in [-0.05, 0) is 37.1 Å². The standard InChI is InChI=1S/C20H18N4O3/c1-13-16(4-2-5-17(13)24(26)27)20(25)22-15-9-7-14(8-10-15)18-12-21-19-6-3-11-23(18)19/h2,4-5,7-10,12H,3,6,11H2,1H3,(H,22,25). The predicted octanol–water partition coefficient (Wildman–Crippen LogP) is 3.97.